The predicted octanol–water partition coefficient (Wildman–Crippen LogP) is 3.52. The molecule has 0 unspecified atom stereocenters. The van der Waals surface area contributed by atoms with Crippen LogP contribution in [0.3, 0.4) is 0 Å². The van der Waals surface area contributed by atoms with Crippen molar-refractivity contribution in [1.82, 2.24) is 10.3 Å². The van der Waals surface area contributed by atoms with Gasteiger partial charge in [-0.15, -0.1) is 0 Å². The van der Waals surface area contributed by atoms with Crippen molar-refractivity contribution < 1.29 is 9.53 Å². The van der Waals surface area contributed by atoms with Gasteiger partial charge in [-0.1, -0.05) is 32.0 Å². The van der Waals surface area contributed by atoms with Crippen LogP contribution in [0, 0.1) is 5.92 Å². The highest BCUT2D eigenvalue weighted by Crippen LogP contribution is 2.18. The number of benzene rings is 1. The fourth-order valence-corrected chi connectivity index (χ4v) is 2.45. The Hall–Kier alpha value is -2.56. The maximum atomic E-state index is 12.0. The van der Waals surface area contributed by atoms with Crippen molar-refractivity contribution in [3.8, 4) is 5.75 Å². The van der Waals surface area contributed by atoms with E-state index in [1.807, 2.05) is 24.3 Å². The number of anilines is 1. The number of hydrogen-bond donors (Lipinski definition) is 2. The third-order valence-corrected chi connectivity index (χ3v) is 3.92. The summed E-state index contributed by atoms with van der Waals surface area (Å²) in [7, 11) is 1.68. The van der Waals surface area contributed by atoms with Crippen LogP contribution in [0.1, 0.15) is 36.3 Å². The summed E-state index contributed by atoms with van der Waals surface area (Å²) in [6.45, 7) is 5.71. The van der Waals surface area contributed by atoms with Gasteiger partial charge in [0.05, 0.1) is 19.0 Å². The van der Waals surface area contributed by atoms with E-state index in [1.165, 1.54) is 0 Å². The number of hydrogen-bond acceptors (Lipinski definition) is 4. The van der Waals surface area contributed by atoms with Gasteiger partial charge < -0.3 is 15.4 Å². The van der Waals surface area contributed by atoms with Crippen LogP contribution in [-0.4, -0.2) is 31.1 Å². The summed E-state index contributed by atoms with van der Waals surface area (Å²) in [5, 5.41) is 6.21. The summed E-state index contributed by atoms with van der Waals surface area (Å²) in [6.07, 6.45) is 3.51. The third-order valence-electron chi connectivity index (χ3n) is 3.92. The highest BCUT2D eigenvalue weighted by atomic mass is 16.5. The molecule has 0 spiro atoms. The fourth-order valence-electron chi connectivity index (χ4n) is 2.45. The van der Waals surface area contributed by atoms with Gasteiger partial charge in [-0.05, 0) is 42.5 Å². The van der Waals surface area contributed by atoms with Crippen molar-refractivity contribution in [2.24, 2.45) is 5.92 Å². The zero-order valence-corrected chi connectivity index (χ0v) is 15.2. The lowest BCUT2D eigenvalue weighted by Gasteiger charge is -2.10. The number of amides is 1. The number of carbonyl (C=O) groups excluding carboxylic acids is 1. The molecule has 5 nitrogen and oxygen atoms in total. The van der Waals surface area contributed by atoms with Crippen molar-refractivity contribution in [2.45, 2.75) is 26.7 Å². The van der Waals surface area contributed by atoms with Gasteiger partial charge in [0.2, 0.25) is 0 Å². The van der Waals surface area contributed by atoms with E-state index >= 15 is 0 Å². The molecule has 5 heteroatoms. The van der Waals surface area contributed by atoms with Crippen molar-refractivity contribution in [3.05, 3.63) is 53.9 Å². The standard InChI is InChI=1S/C20H27N3O2/c1-15(2)10-12-22-20(24)18-9-8-17(14-23-18)21-13-11-16-6-4-5-7-19(16)25-3/h4-9,14-15,21H,10-13H2,1-3H3,(H,22,24). The zero-order chi connectivity index (χ0) is 18.1. The van der Waals surface area contributed by atoms with Gasteiger partial charge in [0.1, 0.15) is 11.4 Å². The van der Waals surface area contributed by atoms with Crippen LogP contribution < -0.4 is 15.4 Å². The number of nitrogens with zero attached hydrogens (tertiary/aromatic N) is 1. The van der Waals surface area contributed by atoms with Gasteiger partial charge in [-0.3, -0.25) is 4.79 Å². The summed E-state index contributed by atoms with van der Waals surface area (Å²) in [5.74, 6) is 1.35. The Morgan fingerprint density at radius 1 is 1.16 bits per heavy atom. The Labute approximate surface area is 149 Å². The number of nitrogens with one attached hydrogen (secondary N) is 2. The molecule has 1 amide bonds. The molecule has 0 saturated heterocycles. The summed E-state index contributed by atoms with van der Waals surface area (Å²) in [6, 6.07) is 11.6. The number of para-hydroxylation sites is 1. The molecular formula is C20H27N3O2. The molecule has 0 bridgehead atoms. The van der Waals surface area contributed by atoms with Gasteiger partial charge in [-0.25, -0.2) is 4.98 Å². The van der Waals surface area contributed by atoms with E-state index in [9.17, 15) is 4.79 Å². The van der Waals surface area contributed by atoms with Crippen LogP contribution in [0.25, 0.3) is 0 Å². The minimum atomic E-state index is -0.124. The molecule has 25 heavy (non-hydrogen) atoms. The van der Waals surface area contributed by atoms with E-state index in [2.05, 4.69) is 35.5 Å². The van der Waals surface area contributed by atoms with Gasteiger partial charge in [0.15, 0.2) is 0 Å². The highest BCUT2D eigenvalue weighted by Gasteiger charge is 2.07. The minimum absolute atomic E-state index is 0.124. The number of aromatic nitrogens is 1. The molecule has 2 N–H and O–H groups in total. The second-order valence-electron chi connectivity index (χ2n) is 6.36. The Morgan fingerprint density at radius 2 is 1.96 bits per heavy atom. The molecule has 1 aromatic heterocycles. The SMILES string of the molecule is COc1ccccc1CCNc1ccc(C(=O)NCCC(C)C)nc1. The molecule has 0 aliphatic heterocycles. The molecule has 0 aliphatic carbocycles. The quantitative estimate of drug-likeness (QED) is 0.732. The Bertz CT molecular complexity index is 669. The van der Waals surface area contributed by atoms with Crippen molar-refractivity contribution >= 4 is 11.6 Å². The average Bonchev–Trinajstić information content (AvgIpc) is 2.62. The lowest BCUT2D eigenvalue weighted by atomic mass is 10.1. The van der Waals surface area contributed by atoms with Crippen LogP contribution in [0.5, 0.6) is 5.75 Å². The van der Waals surface area contributed by atoms with E-state index in [0.29, 0.717) is 18.2 Å². The van der Waals surface area contributed by atoms with Crippen molar-refractivity contribution in [3.63, 3.8) is 0 Å². The van der Waals surface area contributed by atoms with E-state index in [4.69, 9.17) is 4.74 Å². The first-order valence-corrected chi connectivity index (χ1v) is 8.70. The number of carbonyl (C=O) groups is 1. The van der Waals surface area contributed by atoms with Gasteiger partial charge in [0, 0.05) is 13.1 Å². The molecule has 0 aliphatic rings. The second-order valence-corrected chi connectivity index (χ2v) is 6.36. The number of ether oxygens (including phenoxy) is 1. The third kappa shape index (κ3) is 6.10. The predicted molar refractivity (Wildman–Crippen MR) is 101 cm³/mol. The van der Waals surface area contributed by atoms with Crippen molar-refractivity contribution in [1.29, 1.82) is 0 Å². The smallest absolute Gasteiger partial charge is 0.269 e. The first-order valence-electron chi connectivity index (χ1n) is 8.70. The van der Waals surface area contributed by atoms with Crippen LogP contribution >= 0.6 is 0 Å². The van der Waals surface area contributed by atoms with Crippen LogP contribution in [0.15, 0.2) is 42.6 Å². The molecule has 134 valence electrons. The van der Waals surface area contributed by atoms with Gasteiger partial charge in [0.25, 0.3) is 5.91 Å². The minimum Gasteiger partial charge on any atom is -0.496 e. The molecule has 1 aromatic carbocycles. The monoisotopic (exact) mass is 341 g/mol. The Kier molecular flexibility index (Phi) is 7.26. The molecule has 0 atom stereocenters. The van der Waals surface area contributed by atoms with Gasteiger partial charge in [-0.2, -0.15) is 0 Å². The topological polar surface area (TPSA) is 63.2 Å². The van der Waals surface area contributed by atoms with Crippen LogP contribution in [-0.2, 0) is 6.42 Å². The molecular weight excluding hydrogens is 314 g/mol. The summed E-state index contributed by atoms with van der Waals surface area (Å²) >= 11 is 0. The van der Waals surface area contributed by atoms with Gasteiger partial charge >= 0.3 is 0 Å². The van der Waals surface area contributed by atoms with Crippen LogP contribution in [0.4, 0.5) is 5.69 Å². The molecule has 2 rings (SSSR count). The number of pyridine rings is 1. The molecule has 1 heterocycles. The Morgan fingerprint density at radius 3 is 2.64 bits per heavy atom. The van der Waals surface area contributed by atoms with Crippen molar-refractivity contribution in [2.75, 3.05) is 25.5 Å². The maximum absolute atomic E-state index is 12.0. The normalized spacial score (nSPS) is 10.6. The molecule has 0 fully saturated rings. The fraction of sp³-hybridized carbons (Fsp3) is 0.400. The molecule has 0 radical (unpaired) electrons. The molecule has 2 aromatic rings. The first kappa shape index (κ1) is 18.8. The van der Waals surface area contributed by atoms with E-state index in [0.717, 1.165) is 36.4 Å². The Balaban J connectivity index is 1.81. The average molecular weight is 341 g/mol. The number of methoxy groups -OCH3 is 1. The summed E-state index contributed by atoms with van der Waals surface area (Å²) in [5.41, 5.74) is 2.50. The second kappa shape index (κ2) is 9.67. The van der Waals surface area contributed by atoms with E-state index in [1.54, 1.807) is 19.4 Å². The summed E-state index contributed by atoms with van der Waals surface area (Å²) < 4.78 is 5.35. The van der Waals surface area contributed by atoms with Crippen LogP contribution in [0.2, 0.25) is 0 Å². The van der Waals surface area contributed by atoms with E-state index in [-0.39, 0.29) is 5.91 Å². The highest BCUT2D eigenvalue weighted by molar-refractivity contribution is 5.92. The molecule has 0 saturated carbocycles. The van der Waals surface area contributed by atoms with E-state index < -0.39 is 0 Å². The lowest BCUT2D eigenvalue weighted by molar-refractivity contribution is 0.0947. The zero-order valence-electron chi connectivity index (χ0n) is 15.2. The first-order chi connectivity index (χ1) is 12.1. The number of rotatable bonds is 9. The maximum Gasteiger partial charge on any atom is 0.269 e. The lowest BCUT2D eigenvalue weighted by Crippen LogP contribution is -2.26. The largest absolute Gasteiger partial charge is 0.496 e. The summed E-state index contributed by atoms with van der Waals surface area (Å²) in [4.78, 5) is 16.2.